The molecular weight excluding hydrogens is 367 g/mol. The average molecular weight is 385 g/mol. The van der Waals surface area contributed by atoms with Gasteiger partial charge in [-0.25, -0.2) is 12.8 Å². The van der Waals surface area contributed by atoms with Crippen LogP contribution in [0.1, 0.15) is 12.0 Å². The highest BCUT2D eigenvalue weighted by atomic mass is 35.5. The quantitative estimate of drug-likeness (QED) is 0.796. The van der Waals surface area contributed by atoms with Crippen LogP contribution in [0.4, 0.5) is 10.1 Å². The first kappa shape index (κ1) is 19.4. The summed E-state index contributed by atoms with van der Waals surface area (Å²) >= 11 is 5.82. The molecule has 8 heteroatoms. The lowest BCUT2D eigenvalue weighted by atomic mass is 10.2. The SMILES string of the molecule is CS(=O)(=O)N(CCC(=O)Nc1ccccc1F)Cc1ccc(Cl)cc1. The Morgan fingerprint density at radius 1 is 1.16 bits per heavy atom. The van der Waals surface area contributed by atoms with E-state index in [9.17, 15) is 17.6 Å². The predicted molar refractivity (Wildman–Crippen MR) is 96.4 cm³/mol. The third kappa shape index (κ3) is 6.12. The van der Waals surface area contributed by atoms with Crippen molar-refractivity contribution in [1.82, 2.24) is 4.31 Å². The van der Waals surface area contributed by atoms with Gasteiger partial charge >= 0.3 is 0 Å². The molecule has 0 bridgehead atoms. The number of amides is 1. The zero-order valence-electron chi connectivity index (χ0n) is 13.6. The fourth-order valence-electron chi connectivity index (χ4n) is 2.16. The smallest absolute Gasteiger partial charge is 0.225 e. The van der Waals surface area contributed by atoms with Gasteiger partial charge in [0.25, 0.3) is 0 Å². The summed E-state index contributed by atoms with van der Waals surface area (Å²) in [5, 5.41) is 2.99. The molecule has 0 atom stereocenters. The van der Waals surface area contributed by atoms with Crippen molar-refractivity contribution >= 4 is 33.2 Å². The Balaban J connectivity index is 1.99. The molecule has 0 radical (unpaired) electrons. The highest BCUT2D eigenvalue weighted by Crippen LogP contribution is 2.15. The molecule has 1 N–H and O–H groups in total. The van der Waals surface area contributed by atoms with E-state index in [4.69, 9.17) is 11.6 Å². The molecule has 2 aromatic carbocycles. The molecule has 0 unspecified atom stereocenters. The van der Waals surface area contributed by atoms with Crippen LogP contribution in [0, 0.1) is 5.82 Å². The van der Waals surface area contributed by atoms with E-state index in [0.717, 1.165) is 11.8 Å². The van der Waals surface area contributed by atoms with Crippen LogP contribution >= 0.6 is 11.6 Å². The van der Waals surface area contributed by atoms with E-state index >= 15 is 0 Å². The molecule has 0 saturated heterocycles. The van der Waals surface area contributed by atoms with Crippen molar-refractivity contribution in [2.45, 2.75) is 13.0 Å². The lowest BCUT2D eigenvalue weighted by molar-refractivity contribution is -0.116. The first-order chi connectivity index (χ1) is 11.8. The first-order valence-corrected chi connectivity index (χ1v) is 9.72. The summed E-state index contributed by atoms with van der Waals surface area (Å²) in [6.45, 7) is 0.116. The Kier molecular flexibility index (Phi) is 6.52. The zero-order valence-corrected chi connectivity index (χ0v) is 15.1. The third-order valence-electron chi connectivity index (χ3n) is 3.48. The topological polar surface area (TPSA) is 66.5 Å². The van der Waals surface area contributed by atoms with Gasteiger partial charge in [0.05, 0.1) is 11.9 Å². The molecule has 0 fully saturated rings. The molecule has 0 aliphatic rings. The summed E-state index contributed by atoms with van der Waals surface area (Å²) in [5.41, 5.74) is 0.820. The highest BCUT2D eigenvalue weighted by Gasteiger charge is 2.18. The monoisotopic (exact) mass is 384 g/mol. The van der Waals surface area contributed by atoms with Crippen LogP contribution in [0.25, 0.3) is 0 Å². The van der Waals surface area contributed by atoms with E-state index in [1.165, 1.54) is 22.5 Å². The van der Waals surface area contributed by atoms with Crippen LogP contribution in [-0.2, 0) is 21.4 Å². The van der Waals surface area contributed by atoms with Crippen LogP contribution in [0.2, 0.25) is 5.02 Å². The van der Waals surface area contributed by atoms with Crippen molar-refractivity contribution in [1.29, 1.82) is 0 Å². The van der Waals surface area contributed by atoms with Gasteiger partial charge in [-0.2, -0.15) is 4.31 Å². The average Bonchev–Trinajstić information content (AvgIpc) is 2.54. The molecule has 1 amide bonds. The molecule has 25 heavy (non-hydrogen) atoms. The Labute approximate surface area is 151 Å². The van der Waals surface area contributed by atoms with E-state index in [1.54, 1.807) is 30.3 Å². The van der Waals surface area contributed by atoms with Crippen molar-refractivity contribution < 1.29 is 17.6 Å². The standard InChI is InChI=1S/C17H18ClFN2O3S/c1-25(23,24)21(12-13-6-8-14(18)9-7-13)11-10-17(22)20-16-5-3-2-4-15(16)19/h2-9H,10-12H2,1H3,(H,20,22). The van der Waals surface area contributed by atoms with Gasteiger partial charge in [0.15, 0.2) is 0 Å². The Hall–Kier alpha value is -1.96. The number of halogens is 2. The number of para-hydroxylation sites is 1. The normalized spacial score (nSPS) is 11.5. The predicted octanol–water partition coefficient (Wildman–Crippen LogP) is 3.27. The summed E-state index contributed by atoms with van der Waals surface area (Å²) in [4.78, 5) is 12.0. The minimum Gasteiger partial charge on any atom is -0.324 e. The number of hydrogen-bond donors (Lipinski definition) is 1. The minimum absolute atomic E-state index is 0.0122. The van der Waals surface area contributed by atoms with Gasteiger partial charge in [0, 0.05) is 24.5 Å². The number of sulfonamides is 1. The van der Waals surface area contributed by atoms with Crippen LogP contribution in [0.5, 0.6) is 0 Å². The molecule has 2 rings (SSSR count). The summed E-state index contributed by atoms with van der Waals surface area (Å²) in [7, 11) is -3.50. The fraction of sp³-hybridized carbons (Fsp3) is 0.235. The van der Waals surface area contributed by atoms with E-state index < -0.39 is 21.7 Å². The molecule has 0 aliphatic carbocycles. The number of anilines is 1. The molecule has 2 aromatic rings. The van der Waals surface area contributed by atoms with Crippen molar-refractivity contribution in [2.24, 2.45) is 0 Å². The molecule has 5 nitrogen and oxygen atoms in total. The van der Waals surface area contributed by atoms with Crippen LogP contribution < -0.4 is 5.32 Å². The summed E-state index contributed by atoms with van der Waals surface area (Å²) in [6, 6.07) is 12.6. The number of carbonyl (C=O) groups is 1. The maximum atomic E-state index is 13.5. The van der Waals surface area contributed by atoms with Crippen molar-refractivity contribution in [3.05, 3.63) is 64.9 Å². The zero-order chi connectivity index (χ0) is 18.4. The summed E-state index contributed by atoms with van der Waals surface area (Å²) in [6.07, 6.45) is 0.993. The first-order valence-electron chi connectivity index (χ1n) is 7.49. The molecule has 0 spiro atoms. The molecule has 0 saturated carbocycles. The minimum atomic E-state index is -3.50. The lowest BCUT2D eigenvalue weighted by Crippen LogP contribution is -2.32. The maximum absolute atomic E-state index is 13.5. The molecule has 0 heterocycles. The number of rotatable bonds is 7. The van der Waals surface area contributed by atoms with Gasteiger partial charge in [0.2, 0.25) is 15.9 Å². The second-order valence-electron chi connectivity index (χ2n) is 5.50. The number of nitrogens with one attached hydrogen (secondary N) is 1. The van der Waals surface area contributed by atoms with Crippen molar-refractivity contribution in [3.63, 3.8) is 0 Å². The lowest BCUT2D eigenvalue weighted by Gasteiger charge is -2.20. The summed E-state index contributed by atoms with van der Waals surface area (Å²) in [5.74, 6) is -1.01. The highest BCUT2D eigenvalue weighted by molar-refractivity contribution is 7.88. The molecular formula is C17H18ClFN2O3S. The van der Waals surface area contributed by atoms with Crippen LogP contribution in [0.3, 0.4) is 0 Å². The van der Waals surface area contributed by atoms with E-state index in [1.807, 2.05) is 0 Å². The Morgan fingerprint density at radius 2 is 1.80 bits per heavy atom. The van der Waals surface area contributed by atoms with Gasteiger partial charge < -0.3 is 5.32 Å². The summed E-state index contributed by atoms with van der Waals surface area (Å²) < 4.78 is 38.6. The van der Waals surface area contributed by atoms with Gasteiger partial charge in [-0.1, -0.05) is 35.9 Å². The molecule has 0 aromatic heterocycles. The van der Waals surface area contributed by atoms with E-state index in [2.05, 4.69) is 5.32 Å². The number of benzene rings is 2. The molecule has 134 valence electrons. The number of hydrogen-bond acceptors (Lipinski definition) is 3. The second kappa shape index (κ2) is 8.42. The van der Waals surface area contributed by atoms with E-state index in [0.29, 0.717) is 5.02 Å². The number of carbonyl (C=O) groups excluding carboxylic acids is 1. The Morgan fingerprint density at radius 3 is 2.40 bits per heavy atom. The van der Waals surface area contributed by atoms with Gasteiger partial charge in [0.1, 0.15) is 5.82 Å². The number of nitrogens with zero attached hydrogens (tertiary/aromatic N) is 1. The largest absolute Gasteiger partial charge is 0.324 e. The fourth-order valence-corrected chi connectivity index (χ4v) is 3.09. The van der Waals surface area contributed by atoms with Crippen molar-refractivity contribution in [2.75, 3.05) is 18.1 Å². The van der Waals surface area contributed by atoms with E-state index in [-0.39, 0.29) is 25.2 Å². The maximum Gasteiger partial charge on any atom is 0.225 e. The van der Waals surface area contributed by atoms with Crippen LogP contribution in [0.15, 0.2) is 48.5 Å². The third-order valence-corrected chi connectivity index (χ3v) is 4.98. The van der Waals surface area contributed by atoms with Gasteiger partial charge in [-0.3, -0.25) is 4.79 Å². The van der Waals surface area contributed by atoms with Crippen molar-refractivity contribution in [3.8, 4) is 0 Å². The Bertz CT molecular complexity index is 841. The van der Waals surface area contributed by atoms with Crippen LogP contribution in [-0.4, -0.2) is 31.4 Å². The molecule has 0 aliphatic heterocycles. The van der Waals surface area contributed by atoms with Gasteiger partial charge in [-0.15, -0.1) is 0 Å². The second-order valence-corrected chi connectivity index (χ2v) is 7.92. The van der Waals surface area contributed by atoms with Gasteiger partial charge in [-0.05, 0) is 29.8 Å².